The predicted molar refractivity (Wildman–Crippen MR) is 107 cm³/mol. The molecule has 0 radical (unpaired) electrons. The Hall–Kier alpha value is -2.94. The summed E-state index contributed by atoms with van der Waals surface area (Å²) in [5.41, 5.74) is 2.46. The molecule has 158 valence electrons. The number of aryl methyl sites for hydroxylation is 2. The van der Waals surface area contributed by atoms with Crippen LogP contribution in [-0.2, 0) is 11.0 Å². The van der Waals surface area contributed by atoms with Gasteiger partial charge in [-0.2, -0.15) is 18.3 Å². The number of aromatic amines is 1. The quantitative estimate of drug-likeness (QED) is 0.486. The first-order chi connectivity index (χ1) is 14.1. The number of halogens is 3. The molecular weight excluding hydrogens is 417 g/mol. The highest BCUT2D eigenvalue weighted by Crippen LogP contribution is 2.43. The molecule has 5 nitrogen and oxygen atoms in total. The van der Waals surface area contributed by atoms with Gasteiger partial charge in [0.25, 0.3) is 0 Å². The lowest BCUT2D eigenvalue weighted by Gasteiger charge is -2.19. The van der Waals surface area contributed by atoms with Crippen LogP contribution < -0.4 is 4.74 Å². The molecule has 1 aromatic heterocycles. The third kappa shape index (κ3) is 5.15. The van der Waals surface area contributed by atoms with Gasteiger partial charge in [0.05, 0.1) is 17.0 Å². The van der Waals surface area contributed by atoms with Crippen molar-refractivity contribution in [2.45, 2.75) is 30.2 Å². The molecule has 0 aliphatic heterocycles. The lowest BCUT2D eigenvalue weighted by atomic mass is 10.0. The van der Waals surface area contributed by atoms with Crippen LogP contribution in [0.5, 0.6) is 5.75 Å². The Kier molecular flexibility index (Phi) is 6.40. The van der Waals surface area contributed by atoms with Crippen molar-refractivity contribution in [2.75, 3.05) is 6.61 Å². The summed E-state index contributed by atoms with van der Waals surface area (Å²) in [5.74, 6) is -0.599. The summed E-state index contributed by atoms with van der Waals surface area (Å²) in [6, 6.07) is 10.4. The number of nitrogens with one attached hydrogen (secondary N) is 1. The molecule has 1 heterocycles. The van der Waals surface area contributed by atoms with Crippen LogP contribution in [0.4, 0.5) is 13.2 Å². The number of hydrogen-bond donors (Lipinski definition) is 2. The number of alkyl halides is 3. The number of aromatic nitrogens is 2. The van der Waals surface area contributed by atoms with Gasteiger partial charge in [-0.15, -0.1) is 11.8 Å². The van der Waals surface area contributed by atoms with Crippen LogP contribution in [0.1, 0.15) is 33.2 Å². The highest BCUT2D eigenvalue weighted by atomic mass is 32.2. The maximum Gasteiger partial charge on any atom is 0.416 e. The Morgan fingerprint density at radius 3 is 2.43 bits per heavy atom. The number of hydrogen-bond acceptors (Lipinski definition) is 4. The van der Waals surface area contributed by atoms with Crippen molar-refractivity contribution in [3.63, 3.8) is 0 Å². The van der Waals surface area contributed by atoms with Gasteiger partial charge in [-0.25, -0.2) is 4.79 Å². The molecule has 0 amide bonds. The van der Waals surface area contributed by atoms with Crippen LogP contribution in [0.25, 0.3) is 0 Å². The Labute approximate surface area is 175 Å². The molecule has 2 N–H and O–H groups in total. The van der Waals surface area contributed by atoms with Gasteiger partial charge >= 0.3 is 12.1 Å². The second-order valence-electron chi connectivity index (χ2n) is 6.68. The fraction of sp³-hybridized carbons (Fsp3) is 0.238. The van der Waals surface area contributed by atoms with E-state index in [4.69, 9.17) is 9.84 Å². The number of H-pyrrole nitrogens is 1. The van der Waals surface area contributed by atoms with E-state index in [1.165, 1.54) is 23.9 Å². The molecule has 1 atom stereocenters. The van der Waals surface area contributed by atoms with E-state index in [9.17, 15) is 18.0 Å². The minimum absolute atomic E-state index is 0.281. The van der Waals surface area contributed by atoms with Gasteiger partial charge in [-0.1, -0.05) is 12.1 Å². The number of thioether (sulfide) groups is 1. The fourth-order valence-corrected chi connectivity index (χ4v) is 4.24. The summed E-state index contributed by atoms with van der Waals surface area (Å²) < 4.78 is 44.0. The normalized spacial score (nSPS) is 12.6. The average Bonchev–Trinajstić information content (AvgIpc) is 3.10. The number of rotatable bonds is 7. The van der Waals surface area contributed by atoms with Crippen molar-refractivity contribution in [1.29, 1.82) is 0 Å². The Morgan fingerprint density at radius 1 is 1.20 bits per heavy atom. The number of benzene rings is 2. The molecule has 0 saturated heterocycles. The van der Waals surface area contributed by atoms with E-state index >= 15 is 0 Å². The van der Waals surface area contributed by atoms with Gasteiger partial charge in [0.15, 0.2) is 6.61 Å². The van der Waals surface area contributed by atoms with Gasteiger partial charge in [0, 0.05) is 16.2 Å². The molecule has 0 fully saturated rings. The third-order valence-electron chi connectivity index (χ3n) is 4.44. The highest BCUT2D eigenvalue weighted by Gasteiger charge is 2.30. The first kappa shape index (κ1) is 21.8. The average molecular weight is 436 g/mol. The number of carbonyl (C=O) groups is 1. The van der Waals surface area contributed by atoms with Gasteiger partial charge in [-0.3, -0.25) is 5.10 Å². The van der Waals surface area contributed by atoms with E-state index in [1.807, 2.05) is 13.0 Å². The van der Waals surface area contributed by atoms with Crippen molar-refractivity contribution in [1.82, 2.24) is 10.2 Å². The molecule has 0 bridgehead atoms. The Balaban J connectivity index is 1.90. The molecule has 9 heteroatoms. The van der Waals surface area contributed by atoms with Crippen molar-refractivity contribution >= 4 is 17.7 Å². The van der Waals surface area contributed by atoms with Crippen LogP contribution in [0.2, 0.25) is 0 Å². The zero-order valence-corrected chi connectivity index (χ0v) is 17.0. The van der Waals surface area contributed by atoms with Crippen molar-refractivity contribution in [3.8, 4) is 5.75 Å². The van der Waals surface area contributed by atoms with Crippen LogP contribution in [0.15, 0.2) is 53.6 Å². The molecule has 0 aliphatic rings. The second kappa shape index (κ2) is 8.83. The maximum atomic E-state index is 12.9. The fourth-order valence-electron chi connectivity index (χ4n) is 2.92. The first-order valence-electron chi connectivity index (χ1n) is 8.94. The van der Waals surface area contributed by atoms with Gasteiger partial charge < -0.3 is 9.84 Å². The predicted octanol–water partition coefficient (Wildman–Crippen LogP) is 5.39. The van der Waals surface area contributed by atoms with E-state index < -0.39 is 24.3 Å². The van der Waals surface area contributed by atoms with E-state index in [2.05, 4.69) is 10.2 Å². The summed E-state index contributed by atoms with van der Waals surface area (Å²) in [6.45, 7) is 3.22. The number of carboxylic acid groups (broad SMARTS) is 1. The van der Waals surface area contributed by atoms with Gasteiger partial charge in [0.1, 0.15) is 5.75 Å². The summed E-state index contributed by atoms with van der Waals surface area (Å²) in [7, 11) is 0. The van der Waals surface area contributed by atoms with E-state index in [0.29, 0.717) is 11.3 Å². The van der Waals surface area contributed by atoms with Crippen molar-refractivity contribution in [3.05, 3.63) is 76.6 Å². The largest absolute Gasteiger partial charge is 0.482 e. The molecule has 2 aromatic carbocycles. The molecule has 3 aromatic rings. The van der Waals surface area contributed by atoms with E-state index in [1.54, 1.807) is 25.3 Å². The molecular formula is C21H19F3N2O3S. The first-order valence-corrected chi connectivity index (χ1v) is 9.82. The molecule has 1 unspecified atom stereocenters. The van der Waals surface area contributed by atoms with E-state index in [0.717, 1.165) is 33.8 Å². The summed E-state index contributed by atoms with van der Waals surface area (Å²) >= 11 is 1.46. The van der Waals surface area contributed by atoms with Crippen molar-refractivity contribution < 1.29 is 27.8 Å². The summed E-state index contributed by atoms with van der Waals surface area (Å²) in [5, 5.41) is 15.4. The number of aliphatic carboxylic acids is 1. The molecule has 30 heavy (non-hydrogen) atoms. The zero-order chi connectivity index (χ0) is 21.9. The minimum atomic E-state index is -4.39. The smallest absolute Gasteiger partial charge is 0.416 e. The number of ether oxygens (including phenoxy) is 1. The van der Waals surface area contributed by atoms with Gasteiger partial charge in [-0.05, 0) is 55.3 Å². The van der Waals surface area contributed by atoms with Gasteiger partial charge in [0.2, 0.25) is 0 Å². The van der Waals surface area contributed by atoms with Crippen LogP contribution >= 0.6 is 11.8 Å². The number of carboxylic acids is 1. The lowest BCUT2D eigenvalue weighted by Crippen LogP contribution is -2.10. The molecule has 0 spiro atoms. The Bertz CT molecular complexity index is 1030. The monoisotopic (exact) mass is 436 g/mol. The standard InChI is InChI=1S/C21H19F3N2O3S/c1-12-9-16(7-8-18(12)29-11-19(27)28)30-20(17-10-25-26-13(17)2)14-3-5-15(6-4-14)21(22,23)24/h3-10,20H,11H2,1-2H3,(H,25,26)(H,27,28). The second-order valence-corrected chi connectivity index (χ2v) is 7.86. The SMILES string of the molecule is Cc1cc(SC(c2ccc(C(F)(F)F)cc2)c2cn[nH]c2C)ccc1OCC(=O)O. The summed E-state index contributed by atoms with van der Waals surface area (Å²) in [6.07, 6.45) is -2.72. The Morgan fingerprint density at radius 2 is 1.90 bits per heavy atom. The molecule has 0 aliphatic carbocycles. The van der Waals surface area contributed by atoms with Crippen LogP contribution in [-0.4, -0.2) is 27.9 Å². The summed E-state index contributed by atoms with van der Waals surface area (Å²) in [4.78, 5) is 11.6. The number of nitrogens with zero attached hydrogens (tertiary/aromatic N) is 1. The maximum absolute atomic E-state index is 12.9. The molecule has 0 saturated carbocycles. The minimum Gasteiger partial charge on any atom is -0.482 e. The van der Waals surface area contributed by atoms with E-state index in [-0.39, 0.29) is 5.25 Å². The highest BCUT2D eigenvalue weighted by molar-refractivity contribution is 7.99. The third-order valence-corrected chi connectivity index (χ3v) is 5.73. The van der Waals surface area contributed by atoms with Crippen LogP contribution in [0, 0.1) is 13.8 Å². The van der Waals surface area contributed by atoms with Crippen molar-refractivity contribution in [2.24, 2.45) is 0 Å². The lowest BCUT2D eigenvalue weighted by molar-refractivity contribution is -0.139. The zero-order valence-electron chi connectivity index (χ0n) is 16.2. The topological polar surface area (TPSA) is 75.2 Å². The molecule has 3 rings (SSSR count). The van der Waals surface area contributed by atoms with Crippen LogP contribution in [0.3, 0.4) is 0 Å².